The monoisotopic (exact) mass is 469 g/mol. The first-order chi connectivity index (χ1) is 16.2. The third-order valence-electron chi connectivity index (χ3n) is 4.86. The fraction of sp³-hybridized carbons (Fsp3) is 0.273. The molecule has 3 rings (SSSR count). The number of ether oxygens (including phenoxy) is 2. The van der Waals surface area contributed by atoms with E-state index in [4.69, 9.17) is 9.47 Å². The van der Waals surface area contributed by atoms with Crippen LogP contribution >= 0.6 is 0 Å². The molecule has 12 nitrogen and oxygen atoms in total. The van der Waals surface area contributed by atoms with Gasteiger partial charge in [0.05, 0.1) is 36.6 Å². The number of anilines is 1. The Morgan fingerprint density at radius 1 is 1.24 bits per heavy atom. The molecule has 2 N–H and O–H groups in total. The lowest BCUT2D eigenvalue weighted by Crippen LogP contribution is -2.13. The molecule has 0 saturated heterocycles. The van der Waals surface area contributed by atoms with Gasteiger partial charge in [-0.3, -0.25) is 14.9 Å². The summed E-state index contributed by atoms with van der Waals surface area (Å²) in [6.45, 7) is 3.18. The minimum atomic E-state index is -0.722. The third-order valence-corrected chi connectivity index (χ3v) is 4.86. The largest absolute Gasteiger partial charge is 0.506 e. The number of nitro groups is 1. The van der Waals surface area contributed by atoms with Crippen molar-refractivity contribution in [2.45, 2.75) is 26.8 Å². The van der Waals surface area contributed by atoms with Gasteiger partial charge in [-0.2, -0.15) is 0 Å². The summed E-state index contributed by atoms with van der Waals surface area (Å²) in [6.07, 6.45) is -0.151. The average molecular weight is 469 g/mol. The van der Waals surface area contributed by atoms with Crippen molar-refractivity contribution < 1.29 is 29.1 Å². The number of amides is 1. The van der Waals surface area contributed by atoms with E-state index in [1.807, 2.05) is 12.1 Å². The molecule has 34 heavy (non-hydrogen) atoms. The second-order valence-corrected chi connectivity index (χ2v) is 7.22. The summed E-state index contributed by atoms with van der Waals surface area (Å²) in [7, 11) is 1.55. The van der Waals surface area contributed by atoms with Crippen molar-refractivity contribution in [1.82, 2.24) is 15.0 Å². The Bertz CT molecular complexity index is 1220. The van der Waals surface area contributed by atoms with Crippen LogP contribution in [0.4, 0.5) is 11.4 Å². The topological polar surface area (TPSA) is 159 Å². The van der Waals surface area contributed by atoms with Gasteiger partial charge in [0.1, 0.15) is 11.5 Å². The van der Waals surface area contributed by atoms with Crippen LogP contribution in [0.5, 0.6) is 11.5 Å². The summed E-state index contributed by atoms with van der Waals surface area (Å²) < 4.78 is 11.7. The highest BCUT2D eigenvalue weighted by molar-refractivity contribution is 5.91. The number of hydrogen-bond acceptors (Lipinski definition) is 9. The molecule has 1 heterocycles. The van der Waals surface area contributed by atoms with Crippen LogP contribution in [0, 0.1) is 10.1 Å². The summed E-state index contributed by atoms with van der Waals surface area (Å²) in [5, 5.41) is 32.4. The zero-order valence-corrected chi connectivity index (χ0v) is 18.8. The summed E-state index contributed by atoms with van der Waals surface area (Å²) in [6, 6.07) is 9.38. The number of rotatable bonds is 9. The zero-order valence-electron chi connectivity index (χ0n) is 18.8. The van der Waals surface area contributed by atoms with E-state index in [-0.39, 0.29) is 53.6 Å². The van der Waals surface area contributed by atoms with Crippen LogP contribution < -0.4 is 10.1 Å². The molecule has 0 fully saturated rings. The van der Waals surface area contributed by atoms with Crippen LogP contribution in [-0.4, -0.2) is 50.6 Å². The number of nitro benzene ring substituents is 1. The van der Waals surface area contributed by atoms with Gasteiger partial charge >= 0.3 is 5.97 Å². The third kappa shape index (κ3) is 5.46. The lowest BCUT2D eigenvalue weighted by molar-refractivity contribution is -0.385. The van der Waals surface area contributed by atoms with E-state index in [1.165, 1.54) is 17.7 Å². The van der Waals surface area contributed by atoms with E-state index in [0.717, 1.165) is 11.6 Å². The molecule has 12 heteroatoms. The number of phenolic OH excluding ortho intramolecular Hbond substituents is 1. The van der Waals surface area contributed by atoms with Gasteiger partial charge in [-0.1, -0.05) is 17.3 Å². The molecule has 2 aromatic carbocycles. The average Bonchev–Trinajstić information content (AvgIpc) is 3.17. The zero-order chi connectivity index (χ0) is 24.8. The number of nitrogens with one attached hydrogen (secondary N) is 1. The van der Waals surface area contributed by atoms with Crippen molar-refractivity contribution in [3.05, 3.63) is 69.0 Å². The molecule has 0 spiro atoms. The number of nitrogens with zero attached hydrogens (tertiary/aromatic N) is 4. The highest BCUT2D eigenvalue weighted by Gasteiger charge is 2.26. The molecule has 178 valence electrons. The van der Waals surface area contributed by atoms with Gasteiger partial charge in [0.2, 0.25) is 5.91 Å². The molecule has 0 unspecified atom stereocenters. The first-order valence-corrected chi connectivity index (χ1v) is 10.2. The van der Waals surface area contributed by atoms with E-state index < -0.39 is 16.8 Å². The second-order valence-electron chi connectivity index (χ2n) is 7.22. The Morgan fingerprint density at radius 2 is 1.94 bits per heavy atom. The number of benzene rings is 2. The lowest BCUT2D eigenvalue weighted by Gasteiger charge is -2.11. The highest BCUT2D eigenvalue weighted by Crippen LogP contribution is 2.34. The molecule has 0 aliphatic carbocycles. The molecule has 3 aromatic rings. The maximum atomic E-state index is 12.5. The van der Waals surface area contributed by atoms with Gasteiger partial charge in [0.25, 0.3) is 5.69 Å². The summed E-state index contributed by atoms with van der Waals surface area (Å²) in [5.41, 5.74) is 0.646. The number of phenols is 1. The maximum absolute atomic E-state index is 12.5. The van der Waals surface area contributed by atoms with Crippen LogP contribution in [0.3, 0.4) is 0 Å². The Kier molecular flexibility index (Phi) is 7.41. The van der Waals surface area contributed by atoms with Gasteiger partial charge in [0.15, 0.2) is 5.69 Å². The van der Waals surface area contributed by atoms with E-state index in [9.17, 15) is 24.8 Å². The van der Waals surface area contributed by atoms with E-state index in [2.05, 4.69) is 15.6 Å². The molecule has 0 radical (unpaired) electrons. The van der Waals surface area contributed by atoms with Crippen molar-refractivity contribution in [2.24, 2.45) is 0 Å². The standard InChI is InChI=1S/C22H23N5O7/c1-4-34-22(30)21-19(26(25-24-21)12-14-5-7-16(33-3)8-6-14)9-15-10-20(29)17(23-13(2)28)11-18(15)27(31)32/h5-8,10-11,29H,4,9,12H2,1-3H3,(H,23,28). The molecular weight excluding hydrogens is 446 g/mol. The molecule has 0 saturated carbocycles. The van der Waals surface area contributed by atoms with Crippen molar-refractivity contribution in [3.63, 3.8) is 0 Å². The summed E-state index contributed by atoms with van der Waals surface area (Å²) in [4.78, 5) is 34.9. The van der Waals surface area contributed by atoms with Crippen molar-refractivity contribution in [2.75, 3.05) is 19.0 Å². The fourth-order valence-corrected chi connectivity index (χ4v) is 3.30. The number of esters is 1. The van der Waals surface area contributed by atoms with E-state index >= 15 is 0 Å². The normalized spacial score (nSPS) is 10.6. The van der Waals surface area contributed by atoms with Crippen LogP contribution in [0.15, 0.2) is 36.4 Å². The van der Waals surface area contributed by atoms with Gasteiger partial charge in [-0.25, -0.2) is 9.48 Å². The van der Waals surface area contributed by atoms with Gasteiger partial charge in [-0.15, -0.1) is 5.10 Å². The Labute approximate surface area is 194 Å². The first kappa shape index (κ1) is 24.2. The van der Waals surface area contributed by atoms with Crippen molar-refractivity contribution in [1.29, 1.82) is 0 Å². The number of carbonyl (C=O) groups excluding carboxylic acids is 2. The summed E-state index contributed by atoms with van der Waals surface area (Å²) >= 11 is 0. The summed E-state index contributed by atoms with van der Waals surface area (Å²) in [5.74, 6) is -0.910. The SMILES string of the molecule is CCOC(=O)c1nnn(Cc2ccc(OC)cc2)c1Cc1cc(O)c(NC(C)=O)cc1[N+](=O)[O-]. The quantitative estimate of drug-likeness (QED) is 0.208. The molecule has 1 aromatic heterocycles. The molecule has 0 aliphatic rings. The lowest BCUT2D eigenvalue weighted by atomic mass is 10.0. The van der Waals surface area contributed by atoms with Crippen LogP contribution in [-0.2, 0) is 22.5 Å². The minimum absolute atomic E-state index is 0.0879. The number of carbonyl (C=O) groups is 2. The second kappa shape index (κ2) is 10.4. The predicted octanol–water partition coefficient (Wildman–Crippen LogP) is 2.67. The molecule has 0 bridgehead atoms. The predicted molar refractivity (Wildman–Crippen MR) is 120 cm³/mol. The molecular formula is C22H23N5O7. The van der Waals surface area contributed by atoms with E-state index in [1.54, 1.807) is 26.2 Å². The van der Waals surface area contributed by atoms with Gasteiger partial charge < -0.3 is 19.9 Å². The van der Waals surface area contributed by atoms with Crippen molar-refractivity contribution >= 4 is 23.3 Å². The molecule has 0 atom stereocenters. The minimum Gasteiger partial charge on any atom is -0.506 e. The van der Waals surface area contributed by atoms with Crippen LogP contribution in [0.25, 0.3) is 0 Å². The molecule has 0 aliphatic heterocycles. The van der Waals surface area contributed by atoms with Gasteiger partial charge in [-0.05, 0) is 30.7 Å². The maximum Gasteiger partial charge on any atom is 0.360 e. The first-order valence-electron chi connectivity index (χ1n) is 10.2. The number of aromatic nitrogens is 3. The van der Waals surface area contributed by atoms with E-state index in [0.29, 0.717) is 5.75 Å². The Hall–Kier alpha value is -4.48. The number of methoxy groups -OCH3 is 1. The Morgan fingerprint density at radius 3 is 2.53 bits per heavy atom. The Balaban J connectivity index is 2.05. The highest BCUT2D eigenvalue weighted by atomic mass is 16.6. The fourth-order valence-electron chi connectivity index (χ4n) is 3.30. The number of aromatic hydroxyl groups is 1. The number of hydrogen-bond donors (Lipinski definition) is 2. The van der Waals surface area contributed by atoms with Crippen LogP contribution in [0.1, 0.15) is 41.2 Å². The molecule has 1 amide bonds. The van der Waals surface area contributed by atoms with Crippen molar-refractivity contribution in [3.8, 4) is 11.5 Å². The van der Waals surface area contributed by atoms with Crippen LogP contribution in [0.2, 0.25) is 0 Å². The van der Waals surface area contributed by atoms with Gasteiger partial charge in [0, 0.05) is 25.0 Å². The smallest absolute Gasteiger partial charge is 0.360 e.